The lowest BCUT2D eigenvalue weighted by molar-refractivity contribution is 0.309. The molecule has 0 aromatic carbocycles. The molecular weight excluding hydrogens is 172 g/mol. The monoisotopic (exact) mass is 200 g/mol. The summed E-state index contributed by atoms with van der Waals surface area (Å²) in [4.78, 5) is 0. The lowest BCUT2D eigenvalue weighted by atomic mass is 9.90. The van der Waals surface area contributed by atoms with E-state index in [1.165, 1.54) is 32.1 Å². The van der Waals surface area contributed by atoms with Crippen molar-refractivity contribution >= 4 is 0 Å². The fourth-order valence-corrected chi connectivity index (χ4v) is 2.06. The molecule has 2 nitrogen and oxygen atoms in total. The predicted molar refractivity (Wildman–Crippen MR) is 63.9 cm³/mol. The minimum absolute atomic E-state index is 0.517. The normalized spacial score (nSPS) is 13.9. The third-order valence-electron chi connectivity index (χ3n) is 3.13. The molecule has 0 saturated carbocycles. The van der Waals surface area contributed by atoms with Crippen LogP contribution in [0.3, 0.4) is 0 Å². The van der Waals surface area contributed by atoms with Crippen LogP contribution in [0.2, 0.25) is 0 Å². The van der Waals surface area contributed by atoms with Gasteiger partial charge < -0.3 is 0 Å². The highest BCUT2D eigenvalue weighted by Crippen LogP contribution is 2.18. The van der Waals surface area contributed by atoms with Gasteiger partial charge >= 0.3 is 0 Å². The zero-order chi connectivity index (χ0) is 11.0. The summed E-state index contributed by atoms with van der Waals surface area (Å²) in [7, 11) is 0. The molecule has 0 bridgehead atoms. The first-order valence-electron chi connectivity index (χ1n) is 6.11. The van der Waals surface area contributed by atoms with Crippen molar-refractivity contribution in [2.75, 3.05) is 0 Å². The molecule has 3 N–H and O–H groups in total. The molecule has 0 aromatic heterocycles. The van der Waals surface area contributed by atoms with Crippen LogP contribution >= 0.6 is 0 Å². The maximum absolute atomic E-state index is 5.59. The van der Waals surface area contributed by atoms with Gasteiger partial charge in [-0.3, -0.25) is 11.3 Å². The minimum atomic E-state index is 0.517. The maximum Gasteiger partial charge on any atom is 0.0238 e. The Morgan fingerprint density at radius 3 is 2.00 bits per heavy atom. The van der Waals surface area contributed by atoms with E-state index in [2.05, 4.69) is 33.1 Å². The predicted octanol–water partition coefficient (Wildman–Crippen LogP) is 3.08. The number of hydrogen-bond donors (Lipinski definition) is 2. The molecule has 0 fully saturated rings. The second-order valence-electron chi connectivity index (χ2n) is 4.67. The van der Waals surface area contributed by atoms with Crippen LogP contribution in [0.15, 0.2) is 0 Å². The Morgan fingerprint density at radius 2 is 1.64 bits per heavy atom. The maximum atomic E-state index is 5.59. The molecule has 0 aliphatic rings. The summed E-state index contributed by atoms with van der Waals surface area (Å²) in [5.41, 5.74) is 2.98. The average molecular weight is 200 g/mol. The van der Waals surface area contributed by atoms with Crippen molar-refractivity contribution in [3.8, 4) is 0 Å². The lowest BCUT2D eigenvalue weighted by Gasteiger charge is -2.24. The van der Waals surface area contributed by atoms with E-state index in [1.807, 2.05) is 0 Å². The SMILES string of the molecule is CCC(CC)C(CCCC(C)C)NN. The molecule has 0 amide bonds. The van der Waals surface area contributed by atoms with E-state index in [0.717, 1.165) is 11.8 Å². The van der Waals surface area contributed by atoms with Crippen LogP contribution in [0, 0.1) is 11.8 Å². The van der Waals surface area contributed by atoms with Crippen LogP contribution in [-0.4, -0.2) is 6.04 Å². The lowest BCUT2D eigenvalue weighted by Crippen LogP contribution is -2.40. The van der Waals surface area contributed by atoms with E-state index in [0.29, 0.717) is 6.04 Å². The molecule has 1 unspecified atom stereocenters. The van der Waals surface area contributed by atoms with Gasteiger partial charge in [-0.05, 0) is 18.3 Å². The fourth-order valence-electron chi connectivity index (χ4n) is 2.06. The highest BCUT2D eigenvalue weighted by atomic mass is 15.2. The molecule has 0 spiro atoms. The third kappa shape index (κ3) is 5.61. The summed E-state index contributed by atoms with van der Waals surface area (Å²) in [6.45, 7) is 9.06. The molecule has 86 valence electrons. The molecule has 14 heavy (non-hydrogen) atoms. The van der Waals surface area contributed by atoms with Crippen LogP contribution < -0.4 is 11.3 Å². The number of rotatable bonds is 8. The molecule has 2 heteroatoms. The van der Waals surface area contributed by atoms with E-state index in [9.17, 15) is 0 Å². The van der Waals surface area contributed by atoms with E-state index in [-0.39, 0.29) is 0 Å². The molecule has 0 rings (SSSR count). The van der Waals surface area contributed by atoms with E-state index >= 15 is 0 Å². The molecule has 0 aromatic rings. The second-order valence-corrected chi connectivity index (χ2v) is 4.67. The van der Waals surface area contributed by atoms with E-state index in [1.54, 1.807) is 0 Å². The van der Waals surface area contributed by atoms with Gasteiger partial charge in [0.05, 0.1) is 0 Å². The van der Waals surface area contributed by atoms with E-state index in [4.69, 9.17) is 5.84 Å². The first-order valence-corrected chi connectivity index (χ1v) is 6.11. The van der Waals surface area contributed by atoms with Crippen molar-refractivity contribution in [1.29, 1.82) is 0 Å². The Bertz CT molecular complexity index is 119. The van der Waals surface area contributed by atoms with Crippen molar-refractivity contribution < 1.29 is 0 Å². The molecular formula is C12H28N2. The van der Waals surface area contributed by atoms with Gasteiger partial charge in [-0.2, -0.15) is 0 Å². The van der Waals surface area contributed by atoms with Gasteiger partial charge in [-0.15, -0.1) is 0 Å². The zero-order valence-corrected chi connectivity index (χ0v) is 10.3. The Labute approximate surface area is 89.6 Å². The molecule has 0 heterocycles. The van der Waals surface area contributed by atoms with Gasteiger partial charge in [0.15, 0.2) is 0 Å². The zero-order valence-electron chi connectivity index (χ0n) is 10.3. The number of nitrogens with one attached hydrogen (secondary N) is 1. The number of hydrazine groups is 1. The third-order valence-corrected chi connectivity index (χ3v) is 3.13. The summed E-state index contributed by atoms with van der Waals surface area (Å²) >= 11 is 0. The summed E-state index contributed by atoms with van der Waals surface area (Å²) in [6, 6.07) is 0.517. The smallest absolute Gasteiger partial charge is 0.0238 e. The van der Waals surface area contributed by atoms with Crippen LogP contribution in [0.25, 0.3) is 0 Å². The first-order chi connectivity index (χ1) is 6.65. The van der Waals surface area contributed by atoms with Crippen LogP contribution in [0.1, 0.15) is 59.8 Å². The van der Waals surface area contributed by atoms with Gasteiger partial charge in [0.2, 0.25) is 0 Å². The van der Waals surface area contributed by atoms with Crippen LogP contribution in [0.4, 0.5) is 0 Å². The van der Waals surface area contributed by atoms with Gasteiger partial charge in [0, 0.05) is 6.04 Å². The molecule has 1 atom stereocenters. The van der Waals surface area contributed by atoms with Gasteiger partial charge in [-0.1, -0.05) is 53.4 Å². The van der Waals surface area contributed by atoms with Gasteiger partial charge in [0.25, 0.3) is 0 Å². The second kappa shape index (κ2) is 8.25. The first kappa shape index (κ1) is 13.9. The quantitative estimate of drug-likeness (QED) is 0.467. The highest BCUT2D eigenvalue weighted by molar-refractivity contribution is 4.72. The largest absolute Gasteiger partial charge is 0.271 e. The molecule has 0 aliphatic heterocycles. The number of nitrogens with two attached hydrogens (primary N) is 1. The van der Waals surface area contributed by atoms with Crippen LogP contribution in [0.5, 0.6) is 0 Å². The summed E-state index contributed by atoms with van der Waals surface area (Å²) in [5.74, 6) is 7.15. The fraction of sp³-hybridized carbons (Fsp3) is 1.00. The Morgan fingerprint density at radius 1 is 1.07 bits per heavy atom. The Hall–Kier alpha value is -0.0800. The van der Waals surface area contributed by atoms with Gasteiger partial charge in [-0.25, -0.2) is 0 Å². The standard InChI is InChI=1S/C12H28N2/c1-5-11(6-2)12(14-13)9-7-8-10(3)4/h10-12,14H,5-9,13H2,1-4H3. The van der Waals surface area contributed by atoms with Crippen molar-refractivity contribution in [2.45, 2.75) is 65.8 Å². The molecule has 0 aliphatic carbocycles. The summed E-state index contributed by atoms with van der Waals surface area (Å²) < 4.78 is 0. The van der Waals surface area contributed by atoms with Crippen molar-refractivity contribution in [2.24, 2.45) is 17.7 Å². The average Bonchev–Trinajstić information content (AvgIpc) is 2.16. The minimum Gasteiger partial charge on any atom is -0.271 e. The Balaban J connectivity index is 3.77. The van der Waals surface area contributed by atoms with Crippen molar-refractivity contribution in [3.05, 3.63) is 0 Å². The van der Waals surface area contributed by atoms with Gasteiger partial charge in [0.1, 0.15) is 0 Å². The van der Waals surface area contributed by atoms with E-state index < -0.39 is 0 Å². The summed E-state index contributed by atoms with van der Waals surface area (Å²) in [6.07, 6.45) is 6.29. The topological polar surface area (TPSA) is 38.0 Å². The number of hydrogen-bond acceptors (Lipinski definition) is 2. The van der Waals surface area contributed by atoms with Crippen LogP contribution in [-0.2, 0) is 0 Å². The highest BCUT2D eigenvalue weighted by Gasteiger charge is 2.16. The van der Waals surface area contributed by atoms with Crippen molar-refractivity contribution in [3.63, 3.8) is 0 Å². The molecule has 0 saturated heterocycles. The molecule has 0 radical (unpaired) electrons. The summed E-state index contributed by atoms with van der Waals surface area (Å²) in [5, 5.41) is 0. The van der Waals surface area contributed by atoms with Crippen molar-refractivity contribution in [1.82, 2.24) is 5.43 Å². The Kier molecular flexibility index (Phi) is 8.20.